The first-order valence-corrected chi connectivity index (χ1v) is 8.07. The van der Waals surface area contributed by atoms with E-state index in [0.29, 0.717) is 12.8 Å². The van der Waals surface area contributed by atoms with Crippen molar-refractivity contribution in [2.45, 2.75) is 51.0 Å². The van der Waals surface area contributed by atoms with Gasteiger partial charge in [-0.1, -0.05) is 19.8 Å². The number of hydrogen-bond donors (Lipinski definition) is 2. The highest BCUT2D eigenvalue weighted by atomic mass is 16.4. The van der Waals surface area contributed by atoms with Crippen molar-refractivity contribution in [1.82, 2.24) is 15.1 Å². The maximum Gasteiger partial charge on any atom is 0.325 e. The minimum Gasteiger partial charge on any atom is -0.481 e. The molecule has 1 spiro atoms. The lowest BCUT2D eigenvalue weighted by Gasteiger charge is -2.37. The number of imide groups is 1. The van der Waals surface area contributed by atoms with Crippen LogP contribution in [0.5, 0.6) is 0 Å². The molecule has 7 nitrogen and oxygen atoms in total. The van der Waals surface area contributed by atoms with Crippen molar-refractivity contribution < 1.29 is 19.5 Å². The van der Waals surface area contributed by atoms with E-state index in [1.807, 2.05) is 0 Å². The maximum atomic E-state index is 12.5. The van der Waals surface area contributed by atoms with Gasteiger partial charge in [-0.25, -0.2) is 4.79 Å². The highest BCUT2D eigenvalue weighted by Gasteiger charge is 2.52. The van der Waals surface area contributed by atoms with Gasteiger partial charge in [0.05, 0.1) is 6.42 Å². The van der Waals surface area contributed by atoms with Crippen molar-refractivity contribution in [2.75, 3.05) is 26.2 Å². The predicted molar refractivity (Wildman–Crippen MR) is 80.4 cm³/mol. The van der Waals surface area contributed by atoms with E-state index in [2.05, 4.69) is 17.1 Å². The Hall–Kier alpha value is -1.63. The number of piperidine rings is 1. The fourth-order valence-corrected chi connectivity index (χ4v) is 3.17. The third-order valence-corrected chi connectivity index (χ3v) is 4.58. The largest absolute Gasteiger partial charge is 0.481 e. The molecule has 124 valence electrons. The van der Waals surface area contributed by atoms with Crippen LogP contribution in [0.3, 0.4) is 0 Å². The number of urea groups is 1. The van der Waals surface area contributed by atoms with E-state index in [9.17, 15) is 14.4 Å². The molecular weight excluding hydrogens is 286 g/mol. The van der Waals surface area contributed by atoms with E-state index in [-0.39, 0.29) is 18.9 Å². The normalized spacial score (nSPS) is 21.4. The molecule has 2 N–H and O–H groups in total. The molecule has 3 amide bonds. The molecular formula is C15H25N3O4. The number of hydrogen-bond acceptors (Lipinski definition) is 4. The molecule has 0 saturated carbocycles. The molecule has 2 rings (SSSR count). The van der Waals surface area contributed by atoms with Crippen LogP contribution in [0.4, 0.5) is 4.79 Å². The standard InChI is InChI=1S/C15H25N3O4/c1-2-3-4-8-17-10-6-15(7-11-17)13(21)18(14(22)16-15)9-5-12(19)20/h2-11H2,1H3,(H,16,22)(H,19,20). The molecule has 2 heterocycles. The molecule has 7 heteroatoms. The summed E-state index contributed by atoms with van der Waals surface area (Å²) in [5, 5.41) is 11.5. The molecule has 2 aliphatic heterocycles. The predicted octanol–water partition coefficient (Wildman–Crippen LogP) is 1.04. The summed E-state index contributed by atoms with van der Waals surface area (Å²) in [4.78, 5) is 38.5. The Balaban J connectivity index is 1.89. The SMILES string of the molecule is CCCCCN1CCC2(CC1)NC(=O)N(CCC(=O)O)C2=O. The van der Waals surface area contributed by atoms with E-state index in [0.717, 1.165) is 31.0 Å². The zero-order chi connectivity index (χ0) is 16.2. The number of aliphatic carboxylic acids is 1. The monoisotopic (exact) mass is 311 g/mol. The van der Waals surface area contributed by atoms with Crippen molar-refractivity contribution >= 4 is 17.9 Å². The Bertz CT molecular complexity index is 444. The first-order valence-electron chi connectivity index (χ1n) is 8.07. The van der Waals surface area contributed by atoms with Gasteiger partial charge < -0.3 is 15.3 Å². The van der Waals surface area contributed by atoms with Gasteiger partial charge >= 0.3 is 12.0 Å². The Labute approximate surface area is 130 Å². The van der Waals surface area contributed by atoms with Crippen LogP contribution < -0.4 is 5.32 Å². The van der Waals surface area contributed by atoms with Gasteiger partial charge in [0.25, 0.3) is 5.91 Å². The smallest absolute Gasteiger partial charge is 0.325 e. The number of unbranched alkanes of at least 4 members (excludes halogenated alkanes) is 2. The second-order valence-electron chi connectivity index (χ2n) is 6.16. The van der Waals surface area contributed by atoms with Gasteiger partial charge in [0.2, 0.25) is 0 Å². The number of likely N-dealkylation sites (tertiary alicyclic amines) is 1. The number of amides is 3. The number of carboxylic acids is 1. The summed E-state index contributed by atoms with van der Waals surface area (Å²) in [5.41, 5.74) is -0.809. The summed E-state index contributed by atoms with van der Waals surface area (Å²) >= 11 is 0. The number of nitrogens with one attached hydrogen (secondary N) is 1. The number of rotatable bonds is 7. The summed E-state index contributed by atoms with van der Waals surface area (Å²) in [6.45, 7) is 4.74. The summed E-state index contributed by atoms with van der Waals surface area (Å²) < 4.78 is 0. The van der Waals surface area contributed by atoms with Gasteiger partial charge in [0.15, 0.2) is 0 Å². The van der Waals surface area contributed by atoms with E-state index < -0.39 is 17.5 Å². The second kappa shape index (κ2) is 7.09. The van der Waals surface area contributed by atoms with Crippen LogP contribution in [-0.4, -0.2) is 64.5 Å². The van der Waals surface area contributed by atoms with Crippen LogP contribution in [0, 0.1) is 0 Å². The van der Waals surface area contributed by atoms with Crippen LogP contribution in [0.15, 0.2) is 0 Å². The minimum atomic E-state index is -1.01. The topological polar surface area (TPSA) is 90.0 Å². The van der Waals surface area contributed by atoms with Gasteiger partial charge in [-0.2, -0.15) is 0 Å². The molecule has 22 heavy (non-hydrogen) atoms. The molecule has 0 atom stereocenters. The Morgan fingerprint density at radius 1 is 1.23 bits per heavy atom. The van der Waals surface area contributed by atoms with Crippen LogP contribution in [0.1, 0.15) is 45.4 Å². The van der Waals surface area contributed by atoms with Gasteiger partial charge in [0.1, 0.15) is 5.54 Å². The molecule has 0 aromatic heterocycles. The van der Waals surface area contributed by atoms with Gasteiger partial charge in [-0.3, -0.25) is 14.5 Å². The van der Waals surface area contributed by atoms with Gasteiger partial charge in [-0.05, 0) is 25.8 Å². The van der Waals surface area contributed by atoms with Gasteiger partial charge in [0, 0.05) is 19.6 Å². The molecule has 2 aliphatic rings. The fourth-order valence-electron chi connectivity index (χ4n) is 3.17. The molecule has 0 bridgehead atoms. The van der Waals surface area contributed by atoms with Crippen molar-refractivity contribution in [1.29, 1.82) is 0 Å². The molecule has 0 radical (unpaired) electrons. The van der Waals surface area contributed by atoms with Gasteiger partial charge in [-0.15, -0.1) is 0 Å². The number of nitrogens with zero attached hydrogens (tertiary/aromatic N) is 2. The zero-order valence-corrected chi connectivity index (χ0v) is 13.1. The van der Waals surface area contributed by atoms with Crippen LogP contribution in [0.2, 0.25) is 0 Å². The van der Waals surface area contributed by atoms with Crippen LogP contribution >= 0.6 is 0 Å². The zero-order valence-electron chi connectivity index (χ0n) is 13.1. The highest BCUT2D eigenvalue weighted by molar-refractivity contribution is 6.07. The molecule has 0 unspecified atom stereocenters. The van der Waals surface area contributed by atoms with Crippen LogP contribution in [0.25, 0.3) is 0 Å². The third-order valence-electron chi connectivity index (χ3n) is 4.58. The minimum absolute atomic E-state index is 0.0536. The summed E-state index contributed by atoms with van der Waals surface area (Å²) in [6, 6.07) is -0.453. The Kier molecular flexibility index (Phi) is 5.39. The molecule has 0 aromatic rings. The average molecular weight is 311 g/mol. The summed E-state index contributed by atoms with van der Waals surface area (Å²) in [5.74, 6) is -1.26. The molecule has 2 fully saturated rings. The van der Waals surface area contributed by atoms with E-state index >= 15 is 0 Å². The molecule has 0 aromatic carbocycles. The number of carbonyl (C=O) groups excluding carboxylic acids is 2. The van der Waals surface area contributed by atoms with E-state index in [1.54, 1.807) is 0 Å². The lowest BCUT2D eigenvalue weighted by Crippen LogP contribution is -2.55. The lowest BCUT2D eigenvalue weighted by atomic mass is 9.87. The number of carboxylic acid groups (broad SMARTS) is 1. The fraction of sp³-hybridized carbons (Fsp3) is 0.800. The lowest BCUT2D eigenvalue weighted by molar-refractivity contribution is -0.138. The number of carbonyl (C=O) groups is 3. The highest BCUT2D eigenvalue weighted by Crippen LogP contribution is 2.29. The quantitative estimate of drug-likeness (QED) is 0.541. The molecule has 2 saturated heterocycles. The van der Waals surface area contributed by atoms with Crippen molar-refractivity contribution in [3.8, 4) is 0 Å². The second-order valence-corrected chi connectivity index (χ2v) is 6.16. The van der Waals surface area contributed by atoms with Crippen molar-refractivity contribution in [3.63, 3.8) is 0 Å². The average Bonchev–Trinajstić information content (AvgIpc) is 2.70. The molecule has 0 aliphatic carbocycles. The first kappa shape index (κ1) is 16.7. The Morgan fingerprint density at radius 3 is 2.50 bits per heavy atom. The Morgan fingerprint density at radius 2 is 1.91 bits per heavy atom. The first-order chi connectivity index (χ1) is 10.5. The van der Waals surface area contributed by atoms with Crippen molar-refractivity contribution in [2.24, 2.45) is 0 Å². The maximum absolute atomic E-state index is 12.5. The van der Waals surface area contributed by atoms with Crippen LogP contribution in [-0.2, 0) is 9.59 Å². The van der Waals surface area contributed by atoms with E-state index in [4.69, 9.17) is 5.11 Å². The van der Waals surface area contributed by atoms with E-state index in [1.165, 1.54) is 12.8 Å². The third kappa shape index (κ3) is 3.58. The van der Waals surface area contributed by atoms with Crippen molar-refractivity contribution in [3.05, 3.63) is 0 Å². The summed E-state index contributed by atoms with van der Waals surface area (Å²) in [7, 11) is 0. The summed E-state index contributed by atoms with van der Waals surface area (Å²) in [6.07, 6.45) is 4.55.